The van der Waals surface area contributed by atoms with E-state index < -0.39 is 34.5 Å². The van der Waals surface area contributed by atoms with Gasteiger partial charge in [0.25, 0.3) is 0 Å². The molecule has 0 spiro atoms. The number of nitrogens with one attached hydrogen (secondary N) is 1. The first-order valence-corrected chi connectivity index (χ1v) is 7.95. The van der Waals surface area contributed by atoms with Gasteiger partial charge in [-0.3, -0.25) is 0 Å². The van der Waals surface area contributed by atoms with E-state index in [2.05, 4.69) is 5.32 Å². The average Bonchev–Trinajstić information content (AvgIpc) is 2.59. The molecule has 0 radical (unpaired) electrons. The van der Waals surface area contributed by atoms with Crippen LogP contribution in [-0.4, -0.2) is 44.8 Å². The van der Waals surface area contributed by atoms with Crippen molar-refractivity contribution >= 4 is 11.8 Å². The van der Waals surface area contributed by atoms with E-state index in [0.717, 1.165) is 19.2 Å². The Hall–Kier alpha value is -1.60. The molecule has 0 bridgehead atoms. The number of methoxy groups -OCH3 is 1. The fourth-order valence-electron chi connectivity index (χ4n) is 2.18. The summed E-state index contributed by atoms with van der Waals surface area (Å²) in [6.07, 6.45) is 3.01. The fourth-order valence-corrected chi connectivity index (χ4v) is 2.18. The van der Waals surface area contributed by atoms with Crippen molar-refractivity contribution in [2.45, 2.75) is 20.3 Å². The van der Waals surface area contributed by atoms with E-state index in [1.807, 2.05) is 18.7 Å². The Morgan fingerprint density at radius 2 is 1.58 bits per heavy atom. The molecule has 0 aliphatic carbocycles. The molecule has 0 heterocycles. The third kappa shape index (κ3) is 5.21. The third-order valence-electron chi connectivity index (χ3n) is 3.67. The third-order valence-corrected chi connectivity index (χ3v) is 3.67. The lowest BCUT2D eigenvalue weighted by Crippen LogP contribution is -2.22. The van der Waals surface area contributed by atoms with Crippen LogP contribution in [0.15, 0.2) is 6.08 Å². The van der Waals surface area contributed by atoms with Gasteiger partial charge in [0.2, 0.25) is 0 Å². The first kappa shape index (κ1) is 20.4. The maximum Gasteiger partial charge on any atom is 0.185 e. The minimum absolute atomic E-state index is 0.137. The van der Waals surface area contributed by atoms with E-state index >= 15 is 0 Å². The van der Waals surface area contributed by atoms with Crippen LogP contribution in [0.1, 0.15) is 25.8 Å². The van der Waals surface area contributed by atoms with Crippen LogP contribution in [0.25, 0.3) is 6.08 Å². The minimum Gasteiger partial charge on any atom is -0.385 e. The molecule has 1 N–H and O–H groups in total. The fraction of sp³-hybridized carbons (Fsp3) is 0.529. The van der Waals surface area contributed by atoms with Crippen LogP contribution in [0, 0.1) is 23.3 Å². The lowest BCUT2D eigenvalue weighted by Gasteiger charge is -2.15. The van der Waals surface area contributed by atoms with E-state index in [1.54, 1.807) is 0 Å². The lowest BCUT2D eigenvalue weighted by atomic mass is 10.1. The van der Waals surface area contributed by atoms with Crippen molar-refractivity contribution in [1.29, 1.82) is 0 Å². The quantitative estimate of drug-likeness (QED) is 0.392. The van der Waals surface area contributed by atoms with Gasteiger partial charge in [0.1, 0.15) is 5.69 Å². The average molecular weight is 348 g/mol. The van der Waals surface area contributed by atoms with Crippen molar-refractivity contribution in [1.82, 2.24) is 4.90 Å². The Morgan fingerprint density at radius 1 is 1.00 bits per heavy atom. The molecule has 1 aromatic rings. The summed E-state index contributed by atoms with van der Waals surface area (Å²) in [5, 5.41) is 2.38. The van der Waals surface area contributed by atoms with Crippen molar-refractivity contribution in [3.05, 3.63) is 34.9 Å². The van der Waals surface area contributed by atoms with Gasteiger partial charge >= 0.3 is 0 Å². The van der Waals surface area contributed by atoms with Crippen LogP contribution in [0.3, 0.4) is 0 Å². The standard InChI is InChI=1S/C17H24F4N2O/c1-4-23(5-2)10-6-8-12-13(18)15(20)17(16(21)14(12)19)22-9-7-11-24-3/h6,8,22H,4-5,7,9-11H2,1-3H3/b8-6+. The van der Waals surface area contributed by atoms with Crippen LogP contribution >= 0.6 is 0 Å². The Labute approximate surface area is 140 Å². The van der Waals surface area contributed by atoms with Crippen molar-refractivity contribution in [3.8, 4) is 0 Å². The molecule has 0 aromatic heterocycles. The molecule has 24 heavy (non-hydrogen) atoms. The van der Waals surface area contributed by atoms with Crippen LogP contribution in [0.5, 0.6) is 0 Å². The van der Waals surface area contributed by atoms with Crippen molar-refractivity contribution < 1.29 is 22.3 Å². The van der Waals surface area contributed by atoms with Crippen LogP contribution in [-0.2, 0) is 4.74 Å². The van der Waals surface area contributed by atoms with Crippen molar-refractivity contribution in [2.75, 3.05) is 45.2 Å². The summed E-state index contributed by atoms with van der Waals surface area (Å²) in [5.41, 5.74) is -1.50. The molecule has 7 heteroatoms. The number of benzene rings is 1. The normalized spacial score (nSPS) is 11.7. The smallest absolute Gasteiger partial charge is 0.185 e. The van der Waals surface area contributed by atoms with Gasteiger partial charge in [0.15, 0.2) is 23.3 Å². The number of likely N-dealkylation sites (N-methyl/N-ethyl adjacent to an activating group) is 1. The summed E-state index contributed by atoms with van der Waals surface area (Å²) in [4.78, 5) is 1.99. The summed E-state index contributed by atoms with van der Waals surface area (Å²) >= 11 is 0. The van der Waals surface area contributed by atoms with E-state index in [0.29, 0.717) is 19.6 Å². The zero-order valence-corrected chi connectivity index (χ0v) is 14.3. The number of hydrogen-bond acceptors (Lipinski definition) is 3. The molecule has 1 aromatic carbocycles. The highest BCUT2D eigenvalue weighted by atomic mass is 19.2. The number of ether oxygens (including phenoxy) is 1. The molecule has 0 atom stereocenters. The Morgan fingerprint density at radius 3 is 2.08 bits per heavy atom. The zero-order valence-electron chi connectivity index (χ0n) is 14.3. The zero-order chi connectivity index (χ0) is 18.1. The topological polar surface area (TPSA) is 24.5 Å². The molecule has 136 valence electrons. The van der Waals surface area contributed by atoms with E-state index in [-0.39, 0.29) is 6.54 Å². The monoisotopic (exact) mass is 348 g/mol. The second-order valence-corrected chi connectivity index (χ2v) is 5.21. The predicted molar refractivity (Wildman–Crippen MR) is 88.1 cm³/mol. The number of nitrogens with zero attached hydrogens (tertiary/aromatic N) is 1. The van der Waals surface area contributed by atoms with Crippen molar-refractivity contribution in [3.63, 3.8) is 0 Å². The Balaban J connectivity index is 2.98. The number of anilines is 1. The molecular weight excluding hydrogens is 324 g/mol. The van der Waals surface area contributed by atoms with Crippen LogP contribution in [0.2, 0.25) is 0 Å². The molecule has 0 saturated heterocycles. The number of halogens is 4. The van der Waals surface area contributed by atoms with Gasteiger partial charge < -0.3 is 15.0 Å². The molecule has 0 unspecified atom stereocenters. The van der Waals surface area contributed by atoms with Gasteiger partial charge in [-0.25, -0.2) is 17.6 Å². The highest BCUT2D eigenvalue weighted by Crippen LogP contribution is 2.29. The van der Waals surface area contributed by atoms with E-state index in [9.17, 15) is 17.6 Å². The van der Waals surface area contributed by atoms with E-state index in [1.165, 1.54) is 13.2 Å². The van der Waals surface area contributed by atoms with Crippen LogP contribution in [0.4, 0.5) is 23.2 Å². The largest absolute Gasteiger partial charge is 0.385 e. The molecular formula is C17H24F4N2O. The molecule has 0 amide bonds. The molecule has 0 fully saturated rings. The van der Waals surface area contributed by atoms with Crippen LogP contribution < -0.4 is 5.32 Å². The molecule has 0 aliphatic rings. The van der Waals surface area contributed by atoms with Gasteiger partial charge in [-0.15, -0.1) is 0 Å². The van der Waals surface area contributed by atoms with Gasteiger partial charge in [-0.2, -0.15) is 0 Å². The first-order chi connectivity index (χ1) is 11.5. The Bertz CT molecular complexity index is 531. The first-order valence-electron chi connectivity index (χ1n) is 7.95. The van der Waals surface area contributed by atoms with Gasteiger partial charge in [0, 0.05) is 26.8 Å². The highest BCUT2D eigenvalue weighted by Gasteiger charge is 2.23. The van der Waals surface area contributed by atoms with E-state index in [4.69, 9.17) is 4.74 Å². The summed E-state index contributed by atoms with van der Waals surface area (Å²) < 4.78 is 60.9. The summed E-state index contributed by atoms with van der Waals surface area (Å²) in [6.45, 7) is 6.36. The molecule has 0 saturated carbocycles. The summed E-state index contributed by atoms with van der Waals surface area (Å²) in [5.74, 6) is -5.65. The molecule has 3 nitrogen and oxygen atoms in total. The van der Waals surface area contributed by atoms with Crippen molar-refractivity contribution in [2.24, 2.45) is 0 Å². The maximum absolute atomic E-state index is 14.1. The predicted octanol–water partition coefficient (Wildman–Crippen LogP) is 4.05. The highest BCUT2D eigenvalue weighted by molar-refractivity contribution is 5.58. The summed E-state index contributed by atoms with van der Waals surface area (Å²) in [6, 6.07) is 0. The number of rotatable bonds is 10. The van der Waals surface area contributed by atoms with Gasteiger partial charge in [-0.05, 0) is 19.5 Å². The molecule has 1 rings (SSSR count). The maximum atomic E-state index is 14.1. The lowest BCUT2D eigenvalue weighted by molar-refractivity contribution is 0.197. The Kier molecular flexibility index (Phi) is 8.78. The SMILES string of the molecule is CCN(CC)C/C=C/c1c(F)c(F)c(NCCCOC)c(F)c1F. The minimum atomic E-state index is -1.42. The second-order valence-electron chi connectivity index (χ2n) is 5.21. The molecule has 0 aliphatic heterocycles. The summed E-state index contributed by atoms with van der Waals surface area (Å²) in [7, 11) is 1.49. The second kappa shape index (κ2) is 10.3. The van der Waals surface area contributed by atoms with Gasteiger partial charge in [0.05, 0.1) is 5.56 Å². The van der Waals surface area contributed by atoms with Gasteiger partial charge in [-0.1, -0.05) is 26.0 Å². The number of hydrogen-bond donors (Lipinski definition) is 1.